The predicted octanol–water partition coefficient (Wildman–Crippen LogP) is 3.68. The zero-order valence-electron chi connectivity index (χ0n) is 10.8. The first-order valence-electron chi connectivity index (χ1n) is 6.50. The summed E-state index contributed by atoms with van der Waals surface area (Å²) in [5.74, 6) is 0.0716. The van der Waals surface area contributed by atoms with Gasteiger partial charge in [-0.15, -0.1) is 11.3 Å². The van der Waals surface area contributed by atoms with Gasteiger partial charge in [0.1, 0.15) is 0 Å². The molecular weight excluding hydrogens is 254 g/mol. The van der Waals surface area contributed by atoms with Crippen molar-refractivity contribution in [3.63, 3.8) is 0 Å². The van der Waals surface area contributed by atoms with Crippen LogP contribution in [-0.2, 0) is 0 Å². The lowest BCUT2D eigenvalue weighted by Gasteiger charge is -2.17. The molecule has 3 rings (SSSR count). The third-order valence-corrected chi connectivity index (χ3v) is 4.80. The number of benzene rings is 2. The molecule has 0 amide bonds. The maximum Gasteiger partial charge on any atom is 0.0827 e. The summed E-state index contributed by atoms with van der Waals surface area (Å²) in [6.07, 6.45) is -0.493. The molecule has 3 N–H and O–H groups in total. The molecule has 0 saturated carbocycles. The summed E-state index contributed by atoms with van der Waals surface area (Å²) in [5.41, 5.74) is 6.59. The molecule has 0 aliphatic heterocycles. The monoisotopic (exact) mass is 271 g/mol. The summed E-state index contributed by atoms with van der Waals surface area (Å²) < 4.78 is 2.55. The number of hydrogen-bond acceptors (Lipinski definition) is 3. The molecule has 98 valence electrons. The van der Waals surface area contributed by atoms with E-state index < -0.39 is 6.10 Å². The molecule has 1 aromatic heterocycles. The van der Waals surface area contributed by atoms with Crippen LogP contribution in [0.3, 0.4) is 0 Å². The molecule has 19 heavy (non-hydrogen) atoms. The van der Waals surface area contributed by atoms with Gasteiger partial charge in [0, 0.05) is 20.2 Å². The van der Waals surface area contributed by atoms with Gasteiger partial charge in [0.2, 0.25) is 0 Å². The third kappa shape index (κ3) is 2.14. The molecule has 1 heterocycles. The summed E-state index contributed by atoms with van der Waals surface area (Å²) in [4.78, 5) is 0. The van der Waals surface area contributed by atoms with Crippen LogP contribution in [0.4, 0.5) is 0 Å². The molecule has 2 aromatic carbocycles. The van der Waals surface area contributed by atoms with Gasteiger partial charge in [-0.1, -0.05) is 31.2 Å². The second-order valence-electron chi connectivity index (χ2n) is 5.01. The third-order valence-electron chi connectivity index (χ3n) is 3.65. The zero-order valence-corrected chi connectivity index (χ0v) is 11.7. The minimum Gasteiger partial charge on any atom is -0.388 e. The van der Waals surface area contributed by atoms with E-state index in [2.05, 4.69) is 36.4 Å². The normalized spacial score (nSPS) is 14.9. The van der Waals surface area contributed by atoms with Gasteiger partial charge in [0.05, 0.1) is 6.10 Å². The molecule has 0 spiro atoms. The molecule has 0 saturated heterocycles. The Balaban J connectivity index is 2.16. The van der Waals surface area contributed by atoms with Crippen LogP contribution >= 0.6 is 11.3 Å². The van der Waals surface area contributed by atoms with E-state index in [4.69, 9.17) is 5.73 Å². The van der Waals surface area contributed by atoms with Crippen molar-refractivity contribution < 1.29 is 5.11 Å². The number of thiophene rings is 1. The highest BCUT2D eigenvalue weighted by molar-refractivity contribution is 7.25. The Morgan fingerprint density at radius 1 is 1.11 bits per heavy atom. The summed E-state index contributed by atoms with van der Waals surface area (Å²) in [6, 6.07) is 14.6. The predicted molar refractivity (Wildman–Crippen MR) is 82.5 cm³/mol. The molecule has 0 aliphatic carbocycles. The maximum atomic E-state index is 10.3. The van der Waals surface area contributed by atoms with Crippen molar-refractivity contribution in [1.29, 1.82) is 0 Å². The lowest BCUT2D eigenvalue weighted by Crippen LogP contribution is -2.18. The van der Waals surface area contributed by atoms with Crippen LogP contribution in [0, 0.1) is 5.92 Å². The number of aliphatic hydroxyl groups excluding tert-OH is 1. The van der Waals surface area contributed by atoms with Gasteiger partial charge >= 0.3 is 0 Å². The van der Waals surface area contributed by atoms with Crippen LogP contribution in [0.2, 0.25) is 0 Å². The van der Waals surface area contributed by atoms with Crippen LogP contribution in [0.25, 0.3) is 20.2 Å². The van der Waals surface area contributed by atoms with Gasteiger partial charge in [0.25, 0.3) is 0 Å². The molecule has 0 fully saturated rings. The Bertz CT molecular complexity index is 719. The molecule has 0 bridgehead atoms. The first-order valence-corrected chi connectivity index (χ1v) is 7.31. The molecule has 3 heteroatoms. The second kappa shape index (κ2) is 4.93. The van der Waals surface area contributed by atoms with Crippen molar-refractivity contribution >= 4 is 31.5 Å². The van der Waals surface area contributed by atoms with Gasteiger partial charge in [0.15, 0.2) is 0 Å². The van der Waals surface area contributed by atoms with E-state index in [-0.39, 0.29) is 5.92 Å². The van der Waals surface area contributed by atoms with Crippen molar-refractivity contribution in [3.05, 3.63) is 48.0 Å². The lowest BCUT2D eigenvalue weighted by atomic mass is 9.96. The molecule has 2 unspecified atom stereocenters. The standard InChI is InChI=1S/C16H17NOS/c1-10(9-17)16(18)11-6-7-15-13(8-11)12-4-2-3-5-14(12)19-15/h2-8,10,16,18H,9,17H2,1H3. The number of hydrogen-bond donors (Lipinski definition) is 2. The second-order valence-corrected chi connectivity index (χ2v) is 6.10. The quantitative estimate of drug-likeness (QED) is 0.763. The maximum absolute atomic E-state index is 10.3. The zero-order chi connectivity index (χ0) is 13.4. The number of nitrogens with two attached hydrogens (primary N) is 1. The highest BCUT2D eigenvalue weighted by atomic mass is 32.1. The Hall–Kier alpha value is -1.42. The highest BCUT2D eigenvalue weighted by Gasteiger charge is 2.16. The van der Waals surface area contributed by atoms with Gasteiger partial charge in [-0.2, -0.15) is 0 Å². The van der Waals surface area contributed by atoms with Crippen LogP contribution < -0.4 is 5.73 Å². The van der Waals surface area contributed by atoms with Crippen molar-refractivity contribution in [2.75, 3.05) is 6.54 Å². The fourth-order valence-corrected chi connectivity index (χ4v) is 3.47. The summed E-state index contributed by atoms with van der Waals surface area (Å²) in [5, 5.41) is 12.8. The number of fused-ring (bicyclic) bond motifs is 3. The first kappa shape index (κ1) is 12.6. The van der Waals surface area contributed by atoms with Crippen molar-refractivity contribution in [2.24, 2.45) is 11.7 Å². The van der Waals surface area contributed by atoms with E-state index in [0.717, 1.165) is 5.56 Å². The van der Waals surface area contributed by atoms with Gasteiger partial charge in [-0.3, -0.25) is 0 Å². The Kier molecular flexibility index (Phi) is 3.27. The van der Waals surface area contributed by atoms with Crippen molar-refractivity contribution in [3.8, 4) is 0 Å². The van der Waals surface area contributed by atoms with E-state index in [1.165, 1.54) is 20.2 Å². The Morgan fingerprint density at radius 3 is 2.63 bits per heavy atom. The summed E-state index contributed by atoms with van der Waals surface area (Å²) >= 11 is 1.79. The minimum atomic E-state index is -0.493. The van der Waals surface area contributed by atoms with E-state index in [9.17, 15) is 5.11 Å². The van der Waals surface area contributed by atoms with Crippen molar-refractivity contribution in [2.45, 2.75) is 13.0 Å². The summed E-state index contributed by atoms with van der Waals surface area (Å²) in [7, 11) is 0. The molecule has 2 nitrogen and oxygen atoms in total. The van der Waals surface area contributed by atoms with E-state index in [1.807, 2.05) is 13.0 Å². The topological polar surface area (TPSA) is 46.2 Å². The smallest absolute Gasteiger partial charge is 0.0827 e. The number of aliphatic hydroxyl groups is 1. The van der Waals surface area contributed by atoms with Gasteiger partial charge in [-0.05, 0) is 36.2 Å². The number of rotatable bonds is 3. The molecule has 0 aliphatic rings. The SMILES string of the molecule is CC(CN)C(O)c1ccc2sc3ccccc3c2c1. The van der Waals surface area contributed by atoms with Crippen LogP contribution in [-0.4, -0.2) is 11.7 Å². The fraction of sp³-hybridized carbons (Fsp3) is 0.250. The fourth-order valence-electron chi connectivity index (χ4n) is 2.39. The van der Waals surface area contributed by atoms with E-state index in [0.29, 0.717) is 6.54 Å². The van der Waals surface area contributed by atoms with Crippen LogP contribution in [0.1, 0.15) is 18.6 Å². The largest absolute Gasteiger partial charge is 0.388 e. The van der Waals surface area contributed by atoms with E-state index >= 15 is 0 Å². The van der Waals surface area contributed by atoms with Crippen LogP contribution in [0.15, 0.2) is 42.5 Å². The molecule has 0 radical (unpaired) electrons. The van der Waals surface area contributed by atoms with Gasteiger partial charge < -0.3 is 10.8 Å². The Labute approximate surface area is 116 Å². The minimum absolute atomic E-state index is 0.0716. The molecule has 2 atom stereocenters. The molecular formula is C16H17NOS. The summed E-state index contributed by atoms with van der Waals surface area (Å²) in [6.45, 7) is 2.46. The molecule has 3 aromatic rings. The Morgan fingerprint density at radius 2 is 1.84 bits per heavy atom. The van der Waals surface area contributed by atoms with Crippen molar-refractivity contribution in [1.82, 2.24) is 0 Å². The average molecular weight is 271 g/mol. The van der Waals surface area contributed by atoms with Gasteiger partial charge in [-0.25, -0.2) is 0 Å². The average Bonchev–Trinajstić information content (AvgIpc) is 2.83. The van der Waals surface area contributed by atoms with E-state index in [1.54, 1.807) is 11.3 Å². The van der Waals surface area contributed by atoms with Crippen LogP contribution in [0.5, 0.6) is 0 Å². The lowest BCUT2D eigenvalue weighted by molar-refractivity contribution is 0.122. The first-order chi connectivity index (χ1) is 9.20. The highest BCUT2D eigenvalue weighted by Crippen LogP contribution is 2.35.